The first kappa shape index (κ1) is 13.4. The molecule has 0 fully saturated rings. The lowest BCUT2D eigenvalue weighted by Crippen LogP contribution is -2.43. The molecule has 5 heteroatoms. The number of hydrogen-bond donors (Lipinski definition) is 1. The Labute approximate surface area is 101 Å². The van der Waals surface area contributed by atoms with E-state index in [0.717, 1.165) is 17.3 Å². The third-order valence-corrected chi connectivity index (χ3v) is 3.63. The summed E-state index contributed by atoms with van der Waals surface area (Å²) in [6, 6.07) is 0.0878. The van der Waals surface area contributed by atoms with Crippen molar-refractivity contribution in [1.82, 2.24) is 5.32 Å². The van der Waals surface area contributed by atoms with Gasteiger partial charge in [-0.2, -0.15) is 0 Å². The number of nitrogens with zero attached hydrogens (tertiary/aromatic N) is 1. The van der Waals surface area contributed by atoms with Gasteiger partial charge in [0, 0.05) is 5.75 Å². The minimum Gasteiger partial charge on any atom is -0.467 e. The van der Waals surface area contributed by atoms with Crippen LogP contribution in [0.4, 0.5) is 0 Å². The van der Waals surface area contributed by atoms with Crippen molar-refractivity contribution >= 4 is 22.9 Å². The third kappa shape index (κ3) is 3.40. The van der Waals surface area contributed by atoms with E-state index < -0.39 is 0 Å². The Balaban J connectivity index is 2.59. The summed E-state index contributed by atoms with van der Waals surface area (Å²) in [4.78, 5) is 16.0. The van der Waals surface area contributed by atoms with Gasteiger partial charge in [-0.1, -0.05) is 32.5 Å². The summed E-state index contributed by atoms with van der Waals surface area (Å²) in [7, 11) is 1.41. The van der Waals surface area contributed by atoms with E-state index in [4.69, 9.17) is 4.74 Å². The number of ether oxygens (including phenoxy) is 1. The average molecular weight is 244 g/mol. The van der Waals surface area contributed by atoms with Gasteiger partial charge in [0.1, 0.15) is 6.04 Å². The topological polar surface area (TPSA) is 50.7 Å². The minimum absolute atomic E-state index is 0.191. The van der Waals surface area contributed by atoms with Gasteiger partial charge in [-0.15, -0.1) is 0 Å². The number of amidine groups is 1. The summed E-state index contributed by atoms with van der Waals surface area (Å²) >= 11 is 1.68. The van der Waals surface area contributed by atoms with Crippen molar-refractivity contribution in [2.24, 2.45) is 10.9 Å². The molecule has 0 bridgehead atoms. The molecular weight excluding hydrogens is 224 g/mol. The smallest absolute Gasteiger partial charge is 0.328 e. The van der Waals surface area contributed by atoms with Crippen molar-refractivity contribution in [2.45, 2.75) is 39.3 Å². The number of esters is 1. The predicted molar refractivity (Wildman–Crippen MR) is 67.7 cm³/mol. The molecule has 0 radical (unpaired) electrons. The van der Waals surface area contributed by atoms with E-state index in [0.29, 0.717) is 6.04 Å². The van der Waals surface area contributed by atoms with Gasteiger partial charge in [-0.3, -0.25) is 4.99 Å². The quantitative estimate of drug-likeness (QED) is 0.764. The largest absolute Gasteiger partial charge is 0.467 e. The third-order valence-electron chi connectivity index (χ3n) is 2.58. The number of aliphatic imine (C=N–C) groups is 1. The fourth-order valence-corrected chi connectivity index (χ4v) is 2.56. The van der Waals surface area contributed by atoms with E-state index in [1.165, 1.54) is 7.11 Å². The number of nitrogens with one attached hydrogen (secondary N) is 1. The van der Waals surface area contributed by atoms with Crippen LogP contribution in [0.1, 0.15) is 27.2 Å². The highest BCUT2D eigenvalue weighted by atomic mass is 32.2. The normalized spacial score (nSPS) is 21.8. The fraction of sp³-hybridized carbons (Fsp3) is 0.818. The molecule has 1 heterocycles. The number of carbonyl (C=O) groups excluding carboxylic acids is 1. The molecule has 1 rings (SSSR count). The number of rotatable bonds is 4. The van der Waals surface area contributed by atoms with Gasteiger partial charge in [0.05, 0.1) is 13.2 Å². The lowest BCUT2D eigenvalue weighted by atomic mass is 10.1. The second-order valence-electron chi connectivity index (χ2n) is 4.20. The Morgan fingerprint density at radius 1 is 1.69 bits per heavy atom. The molecule has 2 atom stereocenters. The van der Waals surface area contributed by atoms with Crippen molar-refractivity contribution in [1.29, 1.82) is 0 Å². The van der Waals surface area contributed by atoms with Crippen LogP contribution >= 0.6 is 11.8 Å². The van der Waals surface area contributed by atoms with E-state index in [9.17, 15) is 4.79 Å². The van der Waals surface area contributed by atoms with Gasteiger partial charge in [0.15, 0.2) is 5.17 Å². The first-order valence-corrected chi connectivity index (χ1v) is 6.62. The zero-order valence-electron chi connectivity index (χ0n) is 10.3. The van der Waals surface area contributed by atoms with Crippen LogP contribution in [-0.4, -0.2) is 36.1 Å². The Bertz CT molecular complexity index is 279. The molecule has 0 saturated carbocycles. The molecule has 0 saturated heterocycles. The fourth-order valence-electron chi connectivity index (χ4n) is 1.46. The number of thioether (sulfide) groups is 1. The number of methoxy groups -OCH3 is 1. The maximum Gasteiger partial charge on any atom is 0.328 e. The molecule has 0 aromatic rings. The molecule has 0 aromatic heterocycles. The van der Waals surface area contributed by atoms with Crippen LogP contribution < -0.4 is 5.32 Å². The van der Waals surface area contributed by atoms with Crippen LogP contribution in [0, 0.1) is 5.92 Å². The molecule has 1 aliphatic rings. The maximum absolute atomic E-state index is 11.5. The summed E-state index contributed by atoms with van der Waals surface area (Å²) in [6.07, 6.45) is 1.04. The van der Waals surface area contributed by atoms with Crippen LogP contribution in [0.25, 0.3) is 0 Å². The highest BCUT2D eigenvalue weighted by Gasteiger charge is 2.26. The zero-order chi connectivity index (χ0) is 12.1. The highest BCUT2D eigenvalue weighted by Crippen LogP contribution is 2.19. The lowest BCUT2D eigenvalue weighted by molar-refractivity contribution is -0.143. The summed E-state index contributed by atoms with van der Waals surface area (Å²) in [6.45, 7) is 6.11. The van der Waals surface area contributed by atoms with Crippen LogP contribution in [0.2, 0.25) is 0 Å². The molecule has 16 heavy (non-hydrogen) atoms. The van der Waals surface area contributed by atoms with Gasteiger partial charge in [-0.25, -0.2) is 4.79 Å². The van der Waals surface area contributed by atoms with Crippen LogP contribution in [-0.2, 0) is 9.53 Å². The predicted octanol–water partition coefficient (Wildman–Crippen LogP) is 1.65. The molecule has 0 aromatic carbocycles. The van der Waals surface area contributed by atoms with Crippen molar-refractivity contribution in [2.75, 3.05) is 12.9 Å². The zero-order valence-corrected chi connectivity index (χ0v) is 11.1. The second kappa shape index (κ2) is 6.13. The molecular formula is C11H20N2O2S. The standard InChI is InChI=1S/C11H20N2O2S/c1-5-8-6-16-11(12-8)13-9(7(2)3)10(14)15-4/h7-9H,5-6H2,1-4H3,(H,12,13). The summed E-state index contributed by atoms with van der Waals surface area (Å²) < 4.78 is 4.77. The average Bonchev–Trinajstić information content (AvgIpc) is 2.72. The molecule has 2 unspecified atom stereocenters. The van der Waals surface area contributed by atoms with Gasteiger partial charge in [0.25, 0.3) is 0 Å². The van der Waals surface area contributed by atoms with E-state index >= 15 is 0 Å². The van der Waals surface area contributed by atoms with Gasteiger partial charge >= 0.3 is 5.97 Å². The highest BCUT2D eigenvalue weighted by molar-refractivity contribution is 8.14. The van der Waals surface area contributed by atoms with Gasteiger partial charge < -0.3 is 10.1 Å². The Hall–Kier alpha value is -0.710. The first-order chi connectivity index (χ1) is 7.58. The van der Waals surface area contributed by atoms with Crippen molar-refractivity contribution < 1.29 is 9.53 Å². The van der Waals surface area contributed by atoms with Crippen molar-refractivity contribution in [3.05, 3.63) is 0 Å². The Morgan fingerprint density at radius 3 is 2.81 bits per heavy atom. The van der Waals surface area contributed by atoms with E-state index in [1.54, 1.807) is 11.8 Å². The number of hydrogen-bond acceptors (Lipinski definition) is 5. The van der Waals surface area contributed by atoms with Crippen LogP contribution in [0.15, 0.2) is 4.99 Å². The van der Waals surface area contributed by atoms with Gasteiger partial charge in [-0.05, 0) is 12.3 Å². The van der Waals surface area contributed by atoms with Crippen LogP contribution in [0.5, 0.6) is 0 Å². The molecule has 0 aliphatic carbocycles. The molecule has 92 valence electrons. The van der Waals surface area contributed by atoms with E-state index in [-0.39, 0.29) is 17.9 Å². The summed E-state index contributed by atoms with van der Waals surface area (Å²) in [5, 5.41) is 4.04. The molecule has 0 spiro atoms. The monoisotopic (exact) mass is 244 g/mol. The SMILES string of the molecule is CCC1CSC(NC(C(=O)OC)C(C)C)=N1. The second-order valence-corrected chi connectivity index (χ2v) is 5.21. The molecule has 1 aliphatic heterocycles. The summed E-state index contributed by atoms with van der Waals surface area (Å²) in [5.74, 6) is 0.972. The maximum atomic E-state index is 11.5. The van der Waals surface area contributed by atoms with E-state index in [2.05, 4.69) is 17.2 Å². The van der Waals surface area contributed by atoms with Gasteiger partial charge in [0.2, 0.25) is 0 Å². The minimum atomic E-state index is -0.299. The summed E-state index contributed by atoms with van der Waals surface area (Å²) in [5.41, 5.74) is 0. The molecule has 1 N–H and O–H groups in total. The Morgan fingerprint density at radius 2 is 2.38 bits per heavy atom. The van der Waals surface area contributed by atoms with Crippen molar-refractivity contribution in [3.8, 4) is 0 Å². The van der Waals surface area contributed by atoms with E-state index in [1.807, 2.05) is 13.8 Å². The molecule has 0 amide bonds. The first-order valence-electron chi connectivity index (χ1n) is 5.63. The number of carbonyl (C=O) groups is 1. The lowest BCUT2D eigenvalue weighted by Gasteiger charge is -2.20. The van der Waals surface area contributed by atoms with Crippen LogP contribution in [0.3, 0.4) is 0 Å². The Kier molecular flexibility index (Phi) is 5.12. The molecule has 4 nitrogen and oxygen atoms in total. The van der Waals surface area contributed by atoms with Crippen molar-refractivity contribution in [3.63, 3.8) is 0 Å².